The fraction of sp³-hybridized carbons (Fsp3) is 0.350. The van der Waals surface area contributed by atoms with Gasteiger partial charge in [-0.05, 0) is 42.0 Å². The highest BCUT2D eigenvalue weighted by Crippen LogP contribution is 2.28. The molecule has 5 heteroatoms. The van der Waals surface area contributed by atoms with Gasteiger partial charge in [0, 0.05) is 24.8 Å². The summed E-state index contributed by atoms with van der Waals surface area (Å²) in [7, 11) is 0. The summed E-state index contributed by atoms with van der Waals surface area (Å²) in [6.45, 7) is 2.71. The van der Waals surface area contributed by atoms with Crippen LogP contribution in [0.1, 0.15) is 29.5 Å². The maximum atomic E-state index is 5.88. The largest absolute Gasteiger partial charge is 0.370 e. The first-order valence-corrected chi connectivity index (χ1v) is 8.75. The first kappa shape index (κ1) is 18.0. The molecule has 0 atom stereocenters. The summed E-state index contributed by atoms with van der Waals surface area (Å²) in [6, 6.07) is 18.0. The Labute approximate surface area is 166 Å². The summed E-state index contributed by atoms with van der Waals surface area (Å²) >= 11 is 0. The molecule has 1 aliphatic carbocycles. The second-order valence-electron chi connectivity index (χ2n) is 6.74. The van der Waals surface area contributed by atoms with E-state index in [2.05, 4.69) is 63.7 Å². The Balaban J connectivity index is 0.00000182. The quantitative estimate of drug-likeness (QED) is 0.419. The molecule has 1 fully saturated rings. The standard InChI is InChI=1S/C20H24N4.HI/c21-20(23-18-9-10-18)22-13-15-5-7-16(8-6-15)14-24-12-11-17-3-1-2-4-19(17)24;/h1-8,18H,9-14H2,(H3,21,22,23);1H. The van der Waals surface area contributed by atoms with Crippen LogP contribution in [0.25, 0.3) is 0 Å². The molecule has 4 rings (SSSR count). The van der Waals surface area contributed by atoms with Crippen molar-refractivity contribution in [2.75, 3.05) is 11.4 Å². The van der Waals surface area contributed by atoms with E-state index in [4.69, 9.17) is 5.73 Å². The molecule has 1 saturated carbocycles. The number of rotatable bonds is 5. The molecule has 25 heavy (non-hydrogen) atoms. The molecular weight excluding hydrogens is 423 g/mol. The van der Waals surface area contributed by atoms with E-state index in [9.17, 15) is 0 Å². The number of hydrogen-bond acceptors (Lipinski definition) is 2. The van der Waals surface area contributed by atoms with Crippen molar-refractivity contribution in [2.24, 2.45) is 10.7 Å². The Bertz CT molecular complexity index is 738. The minimum absolute atomic E-state index is 0. The second kappa shape index (κ2) is 8.08. The number of nitrogens with zero attached hydrogens (tertiary/aromatic N) is 2. The molecule has 0 saturated heterocycles. The van der Waals surface area contributed by atoms with Crippen molar-refractivity contribution in [3.63, 3.8) is 0 Å². The van der Waals surface area contributed by atoms with Crippen molar-refractivity contribution >= 4 is 35.6 Å². The van der Waals surface area contributed by atoms with Crippen LogP contribution < -0.4 is 16.0 Å². The van der Waals surface area contributed by atoms with Gasteiger partial charge in [0.1, 0.15) is 0 Å². The molecule has 132 valence electrons. The van der Waals surface area contributed by atoms with Crippen molar-refractivity contribution in [1.82, 2.24) is 5.32 Å². The first-order chi connectivity index (χ1) is 11.8. The van der Waals surface area contributed by atoms with E-state index in [1.54, 1.807) is 0 Å². The highest BCUT2D eigenvalue weighted by atomic mass is 127. The third-order valence-electron chi connectivity index (χ3n) is 4.74. The molecule has 0 bridgehead atoms. The molecule has 0 radical (unpaired) electrons. The zero-order valence-corrected chi connectivity index (χ0v) is 16.6. The smallest absolute Gasteiger partial charge is 0.189 e. The van der Waals surface area contributed by atoms with E-state index < -0.39 is 0 Å². The summed E-state index contributed by atoms with van der Waals surface area (Å²) in [5, 5.41) is 3.21. The SMILES string of the molecule is I.NC(=NCc1ccc(CN2CCc3ccccc32)cc1)NC1CC1. The van der Waals surface area contributed by atoms with Crippen LogP contribution in [-0.4, -0.2) is 18.5 Å². The average molecular weight is 448 g/mol. The van der Waals surface area contributed by atoms with Crippen LogP contribution in [0.15, 0.2) is 53.5 Å². The zero-order chi connectivity index (χ0) is 16.4. The van der Waals surface area contributed by atoms with E-state index in [1.807, 2.05) is 0 Å². The lowest BCUT2D eigenvalue weighted by Crippen LogP contribution is -2.33. The summed E-state index contributed by atoms with van der Waals surface area (Å²) < 4.78 is 0. The van der Waals surface area contributed by atoms with E-state index in [-0.39, 0.29) is 24.0 Å². The van der Waals surface area contributed by atoms with Gasteiger partial charge in [-0.25, -0.2) is 4.99 Å². The number of guanidine groups is 1. The van der Waals surface area contributed by atoms with Crippen molar-refractivity contribution in [2.45, 2.75) is 38.4 Å². The van der Waals surface area contributed by atoms with Gasteiger partial charge in [-0.2, -0.15) is 0 Å². The molecule has 2 aliphatic rings. The maximum absolute atomic E-state index is 5.88. The van der Waals surface area contributed by atoms with Gasteiger partial charge in [0.25, 0.3) is 0 Å². The minimum atomic E-state index is 0. The highest BCUT2D eigenvalue weighted by Gasteiger charge is 2.21. The third kappa shape index (κ3) is 4.66. The van der Waals surface area contributed by atoms with Gasteiger partial charge in [-0.3, -0.25) is 0 Å². The van der Waals surface area contributed by atoms with Gasteiger partial charge in [0.2, 0.25) is 0 Å². The Hall–Kier alpha value is -1.76. The Morgan fingerprint density at radius 3 is 2.56 bits per heavy atom. The molecule has 4 nitrogen and oxygen atoms in total. The van der Waals surface area contributed by atoms with E-state index in [1.165, 1.54) is 35.2 Å². The number of nitrogens with two attached hydrogens (primary N) is 1. The number of para-hydroxylation sites is 1. The number of benzene rings is 2. The van der Waals surface area contributed by atoms with E-state index in [0.29, 0.717) is 18.5 Å². The van der Waals surface area contributed by atoms with Crippen LogP contribution in [0.4, 0.5) is 5.69 Å². The number of fused-ring (bicyclic) bond motifs is 1. The number of aliphatic imine (C=N–C) groups is 1. The molecule has 2 aromatic rings. The third-order valence-corrected chi connectivity index (χ3v) is 4.74. The van der Waals surface area contributed by atoms with Crippen LogP contribution in [0.5, 0.6) is 0 Å². The van der Waals surface area contributed by atoms with Crippen molar-refractivity contribution in [3.8, 4) is 0 Å². The van der Waals surface area contributed by atoms with E-state index in [0.717, 1.165) is 19.5 Å². The molecule has 0 aromatic heterocycles. The summed E-state index contributed by atoms with van der Waals surface area (Å²) in [4.78, 5) is 6.87. The normalized spacial score (nSPS) is 16.3. The molecule has 0 unspecified atom stereocenters. The molecule has 1 heterocycles. The van der Waals surface area contributed by atoms with Crippen molar-refractivity contribution in [3.05, 3.63) is 65.2 Å². The van der Waals surface area contributed by atoms with Gasteiger partial charge >= 0.3 is 0 Å². The summed E-state index contributed by atoms with van der Waals surface area (Å²) in [5.41, 5.74) is 11.3. The summed E-state index contributed by atoms with van der Waals surface area (Å²) in [5.74, 6) is 0.565. The lowest BCUT2D eigenvalue weighted by Gasteiger charge is -2.19. The monoisotopic (exact) mass is 448 g/mol. The van der Waals surface area contributed by atoms with Crippen LogP contribution in [0.3, 0.4) is 0 Å². The second-order valence-corrected chi connectivity index (χ2v) is 6.74. The fourth-order valence-electron chi connectivity index (χ4n) is 3.20. The molecule has 0 amide bonds. The van der Waals surface area contributed by atoms with Crippen molar-refractivity contribution < 1.29 is 0 Å². The van der Waals surface area contributed by atoms with Gasteiger partial charge in [0.15, 0.2) is 5.96 Å². The van der Waals surface area contributed by atoms with Crippen LogP contribution >= 0.6 is 24.0 Å². The number of halogens is 1. The maximum Gasteiger partial charge on any atom is 0.189 e. The van der Waals surface area contributed by atoms with Crippen LogP contribution in [0.2, 0.25) is 0 Å². The molecular formula is C20H25IN4. The van der Waals surface area contributed by atoms with Crippen molar-refractivity contribution in [1.29, 1.82) is 0 Å². The van der Waals surface area contributed by atoms with Crippen LogP contribution in [-0.2, 0) is 19.5 Å². The predicted octanol–water partition coefficient (Wildman–Crippen LogP) is 3.43. The Morgan fingerprint density at radius 1 is 1.08 bits per heavy atom. The predicted molar refractivity (Wildman–Crippen MR) is 115 cm³/mol. The Kier molecular flexibility index (Phi) is 5.83. The number of hydrogen-bond donors (Lipinski definition) is 2. The molecule has 1 aliphatic heterocycles. The number of anilines is 1. The van der Waals surface area contributed by atoms with Gasteiger partial charge in [-0.15, -0.1) is 24.0 Å². The minimum Gasteiger partial charge on any atom is -0.370 e. The van der Waals surface area contributed by atoms with Gasteiger partial charge in [0.05, 0.1) is 6.54 Å². The number of nitrogens with one attached hydrogen (secondary N) is 1. The average Bonchev–Trinajstić information content (AvgIpc) is 3.33. The molecule has 0 spiro atoms. The topological polar surface area (TPSA) is 53.6 Å². The lowest BCUT2D eigenvalue weighted by atomic mass is 10.1. The van der Waals surface area contributed by atoms with Gasteiger partial charge in [-0.1, -0.05) is 42.5 Å². The highest BCUT2D eigenvalue weighted by molar-refractivity contribution is 14.0. The zero-order valence-electron chi connectivity index (χ0n) is 14.3. The van der Waals surface area contributed by atoms with E-state index >= 15 is 0 Å². The summed E-state index contributed by atoms with van der Waals surface area (Å²) in [6.07, 6.45) is 3.57. The Morgan fingerprint density at radius 2 is 1.80 bits per heavy atom. The molecule has 3 N–H and O–H groups in total. The molecule has 2 aromatic carbocycles. The fourth-order valence-corrected chi connectivity index (χ4v) is 3.20. The lowest BCUT2D eigenvalue weighted by molar-refractivity contribution is 0.835. The first-order valence-electron chi connectivity index (χ1n) is 8.75. The van der Waals surface area contributed by atoms with Crippen LogP contribution in [0, 0.1) is 0 Å². The van der Waals surface area contributed by atoms with Gasteiger partial charge < -0.3 is 16.0 Å².